The average Bonchev–Trinajstić information content (AvgIpc) is 2.36. The molecule has 3 heteroatoms. The van der Waals surface area contributed by atoms with Gasteiger partial charge in [0.05, 0.1) is 7.11 Å². The van der Waals surface area contributed by atoms with Crippen molar-refractivity contribution in [2.24, 2.45) is 0 Å². The fourth-order valence-electron chi connectivity index (χ4n) is 2.35. The molecular formula is C17H27NO2. The molecule has 1 unspecified atom stereocenters. The van der Waals surface area contributed by atoms with Gasteiger partial charge in [0.2, 0.25) is 0 Å². The van der Waals surface area contributed by atoms with E-state index in [1.165, 1.54) is 12.7 Å². The van der Waals surface area contributed by atoms with Crippen molar-refractivity contribution in [3.05, 3.63) is 35.4 Å². The zero-order valence-corrected chi connectivity index (χ0v) is 13.7. The summed E-state index contributed by atoms with van der Waals surface area (Å²) in [6.07, 6.45) is 0. The zero-order valence-electron chi connectivity index (χ0n) is 13.7. The molecule has 1 atom stereocenters. The maximum Gasteiger partial charge on any atom is 0.330 e. The lowest BCUT2D eigenvalue weighted by Gasteiger charge is -2.31. The molecule has 1 rings (SSSR count). The summed E-state index contributed by atoms with van der Waals surface area (Å²) >= 11 is 0. The summed E-state index contributed by atoms with van der Waals surface area (Å²) in [4.78, 5) is 12.2. The van der Waals surface area contributed by atoms with Crippen molar-refractivity contribution in [2.75, 3.05) is 7.11 Å². The third kappa shape index (κ3) is 3.60. The zero-order chi connectivity index (χ0) is 15.6. The molecule has 0 aliphatic heterocycles. The third-order valence-corrected chi connectivity index (χ3v) is 3.50. The molecular weight excluding hydrogens is 250 g/mol. The van der Waals surface area contributed by atoms with Crippen LogP contribution in [0.4, 0.5) is 0 Å². The van der Waals surface area contributed by atoms with Crippen LogP contribution in [0.2, 0.25) is 0 Å². The van der Waals surface area contributed by atoms with Crippen LogP contribution in [0.25, 0.3) is 0 Å². The molecule has 0 saturated carbocycles. The van der Waals surface area contributed by atoms with E-state index in [1.54, 1.807) is 0 Å². The monoisotopic (exact) mass is 277 g/mol. The Hall–Kier alpha value is -1.35. The molecule has 112 valence electrons. The van der Waals surface area contributed by atoms with Gasteiger partial charge < -0.3 is 4.74 Å². The first-order valence-electron chi connectivity index (χ1n) is 7.08. The smallest absolute Gasteiger partial charge is 0.330 e. The average molecular weight is 277 g/mol. The molecule has 1 aromatic rings. The van der Waals surface area contributed by atoms with Crippen LogP contribution in [0.5, 0.6) is 0 Å². The van der Waals surface area contributed by atoms with Crippen molar-refractivity contribution in [3.8, 4) is 0 Å². The number of benzene rings is 1. The van der Waals surface area contributed by atoms with Gasteiger partial charge >= 0.3 is 5.97 Å². The minimum atomic E-state index is -0.820. The van der Waals surface area contributed by atoms with Crippen LogP contribution in [-0.4, -0.2) is 19.1 Å². The molecule has 1 aromatic carbocycles. The number of methoxy groups -OCH3 is 1. The van der Waals surface area contributed by atoms with Gasteiger partial charge in [-0.05, 0) is 37.3 Å². The molecule has 0 aliphatic carbocycles. The minimum Gasteiger partial charge on any atom is -0.467 e. The summed E-state index contributed by atoms with van der Waals surface area (Å²) in [7, 11) is 1.42. The van der Waals surface area contributed by atoms with Gasteiger partial charge in [-0.2, -0.15) is 0 Å². The van der Waals surface area contributed by atoms with Gasteiger partial charge in [0.15, 0.2) is 0 Å². The Morgan fingerprint density at radius 1 is 1.05 bits per heavy atom. The second-order valence-corrected chi connectivity index (χ2v) is 6.74. The Morgan fingerprint density at radius 2 is 1.50 bits per heavy atom. The highest BCUT2D eigenvalue weighted by molar-refractivity contribution is 5.82. The van der Waals surface area contributed by atoms with Gasteiger partial charge in [0.25, 0.3) is 0 Å². The third-order valence-electron chi connectivity index (χ3n) is 3.50. The molecule has 0 bridgehead atoms. The van der Waals surface area contributed by atoms with Crippen LogP contribution in [0.1, 0.15) is 52.7 Å². The van der Waals surface area contributed by atoms with Crippen LogP contribution in [0, 0.1) is 0 Å². The molecule has 0 aliphatic rings. The molecule has 0 radical (unpaired) electrons. The van der Waals surface area contributed by atoms with E-state index in [0.29, 0.717) is 0 Å². The number of nitrogens with one attached hydrogen (secondary N) is 1. The Balaban J connectivity index is 3.19. The van der Waals surface area contributed by atoms with E-state index in [-0.39, 0.29) is 17.4 Å². The number of hydrogen-bond donors (Lipinski definition) is 1. The second-order valence-electron chi connectivity index (χ2n) is 6.74. The fourth-order valence-corrected chi connectivity index (χ4v) is 2.35. The first-order valence-corrected chi connectivity index (χ1v) is 7.08. The SMILES string of the molecule is COC(=O)C(C)(NC(C)C)c1ccc(C(C)(C)C)cc1. The van der Waals surface area contributed by atoms with Crippen molar-refractivity contribution in [3.63, 3.8) is 0 Å². The lowest BCUT2D eigenvalue weighted by molar-refractivity contribution is -0.148. The number of rotatable bonds is 4. The van der Waals surface area contributed by atoms with E-state index >= 15 is 0 Å². The molecule has 0 heterocycles. The first-order chi connectivity index (χ1) is 9.11. The summed E-state index contributed by atoms with van der Waals surface area (Å²) in [5.74, 6) is -0.269. The molecule has 0 amide bonds. The van der Waals surface area contributed by atoms with E-state index in [2.05, 4.69) is 38.2 Å². The Bertz CT molecular complexity index is 457. The van der Waals surface area contributed by atoms with Crippen LogP contribution < -0.4 is 5.32 Å². The fraction of sp³-hybridized carbons (Fsp3) is 0.588. The van der Waals surface area contributed by atoms with Gasteiger partial charge in [-0.3, -0.25) is 5.32 Å². The molecule has 0 saturated heterocycles. The highest BCUT2D eigenvalue weighted by atomic mass is 16.5. The summed E-state index contributed by atoms with van der Waals surface area (Å²) < 4.78 is 4.97. The number of carbonyl (C=O) groups excluding carboxylic acids is 1. The lowest BCUT2D eigenvalue weighted by atomic mass is 9.84. The Kier molecular flexibility index (Phi) is 4.98. The van der Waals surface area contributed by atoms with E-state index in [1.807, 2.05) is 32.9 Å². The topological polar surface area (TPSA) is 38.3 Å². The van der Waals surface area contributed by atoms with Gasteiger partial charge in [-0.15, -0.1) is 0 Å². The molecule has 20 heavy (non-hydrogen) atoms. The molecule has 0 aromatic heterocycles. The van der Waals surface area contributed by atoms with Gasteiger partial charge in [0, 0.05) is 6.04 Å². The minimum absolute atomic E-state index is 0.103. The summed E-state index contributed by atoms with van der Waals surface area (Å²) in [6, 6.07) is 8.36. The number of carbonyl (C=O) groups is 1. The van der Waals surface area contributed by atoms with Crippen molar-refractivity contribution < 1.29 is 9.53 Å². The standard InChI is InChI=1S/C17H27NO2/c1-12(2)18-17(6,15(19)20-7)14-10-8-13(9-11-14)16(3,4)5/h8-12,18H,1-7H3. The van der Waals surface area contributed by atoms with E-state index in [4.69, 9.17) is 4.74 Å². The highest BCUT2D eigenvalue weighted by Gasteiger charge is 2.36. The number of hydrogen-bond acceptors (Lipinski definition) is 3. The van der Waals surface area contributed by atoms with E-state index in [9.17, 15) is 4.79 Å². The van der Waals surface area contributed by atoms with Crippen LogP contribution >= 0.6 is 0 Å². The van der Waals surface area contributed by atoms with Crippen LogP contribution in [0.15, 0.2) is 24.3 Å². The first kappa shape index (κ1) is 16.7. The Labute approximate surface area is 122 Å². The van der Waals surface area contributed by atoms with Gasteiger partial charge in [0.1, 0.15) is 5.54 Å². The van der Waals surface area contributed by atoms with Crippen molar-refractivity contribution in [1.29, 1.82) is 0 Å². The van der Waals surface area contributed by atoms with Crippen LogP contribution in [-0.2, 0) is 20.5 Å². The van der Waals surface area contributed by atoms with Gasteiger partial charge in [-0.1, -0.05) is 45.0 Å². The molecule has 3 nitrogen and oxygen atoms in total. The Morgan fingerprint density at radius 3 is 1.85 bits per heavy atom. The predicted molar refractivity (Wildman–Crippen MR) is 82.8 cm³/mol. The number of esters is 1. The second kappa shape index (κ2) is 5.96. The summed E-state index contributed by atoms with van der Waals surface area (Å²) in [6.45, 7) is 12.4. The van der Waals surface area contributed by atoms with E-state index in [0.717, 1.165) is 5.56 Å². The van der Waals surface area contributed by atoms with Crippen LogP contribution in [0.3, 0.4) is 0 Å². The normalized spacial score (nSPS) is 15.0. The molecule has 0 spiro atoms. The quantitative estimate of drug-likeness (QED) is 0.858. The van der Waals surface area contributed by atoms with Crippen molar-refractivity contribution >= 4 is 5.97 Å². The maximum atomic E-state index is 12.2. The van der Waals surface area contributed by atoms with Gasteiger partial charge in [-0.25, -0.2) is 4.79 Å². The lowest BCUT2D eigenvalue weighted by Crippen LogP contribution is -2.50. The molecule has 1 N–H and O–H groups in total. The maximum absolute atomic E-state index is 12.2. The summed E-state index contributed by atoms with van der Waals surface area (Å²) in [5, 5.41) is 3.31. The van der Waals surface area contributed by atoms with E-state index < -0.39 is 5.54 Å². The highest BCUT2D eigenvalue weighted by Crippen LogP contribution is 2.27. The largest absolute Gasteiger partial charge is 0.467 e. The number of ether oxygens (including phenoxy) is 1. The molecule has 0 fully saturated rings. The predicted octanol–water partition coefficient (Wildman–Crippen LogP) is 3.37. The van der Waals surface area contributed by atoms with Crippen molar-refractivity contribution in [2.45, 2.75) is 58.5 Å². The van der Waals surface area contributed by atoms with Crippen molar-refractivity contribution in [1.82, 2.24) is 5.32 Å². The summed E-state index contributed by atoms with van der Waals surface area (Å²) in [5.41, 5.74) is 1.45.